The maximum absolute atomic E-state index is 4.67. The van der Waals surface area contributed by atoms with E-state index in [1.54, 1.807) is 0 Å². The average Bonchev–Trinajstić information content (AvgIpc) is 2.84. The first-order valence-corrected chi connectivity index (χ1v) is 8.05. The van der Waals surface area contributed by atoms with Crippen LogP contribution in [0.1, 0.15) is 26.2 Å². The third-order valence-electron chi connectivity index (χ3n) is 2.90. The molecule has 1 saturated heterocycles. The fourth-order valence-corrected chi connectivity index (χ4v) is 3.11. The van der Waals surface area contributed by atoms with Crippen molar-refractivity contribution in [3.63, 3.8) is 0 Å². The predicted molar refractivity (Wildman–Crippen MR) is 82.6 cm³/mol. The summed E-state index contributed by atoms with van der Waals surface area (Å²) in [6, 6.07) is 0. The van der Waals surface area contributed by atoms with Crippen LogP contribution in [0.15, 0.2) is 4.99 Å². The first-order valence-electron chi connectivity index (χ1n) is 7.01. The highest BCUT2D eigenvalue weighted by molar-refractivity contribution is 8.00. The van der Waals surface area contributed by atoms with Crippen molar-refractivity contribution in [2.45, 2.75) is 31.4 Å². The maximum Gasteiger partial charge on any atom is 0.191 e. The number of nitrogens with one attached hydrogen (secondary N) is 2. The van der Waals surface area contributed by atoms with Gasteiger partial charge in [0.05, 0.1) is 6.54 Å². The number of nitrogens with zero attached hydrogens (tertiary/aromatic N) is 2. The molecule has 0 spiro atoms. The fraction of sp³-hybridized carbons (Fsp3) is 0.923. The van der Waals surface area contributed by atoms with Gasteiger partial charge in [-0.15, -0.1) is 0 Å². The number of rotatable bonds is 7. The van der Waals surface area contributed by atoms with Crippen LogP contribution >= 0.6 is 11.8 Å². The van der Waals surface area contributed by atoms with E-state index >= 15 is 0 Å². The summed E-state index contributed by atoms with van der Waals surface area (Å²) in [5.74, 6) is 2.29. The Hall–Kier alpha value is -0.420. The molecule has 1 fully saturated rings. The Labute approximate surface area is 116 Å². The number of hydrogen-bond donors (Lipinski definition) is 2. The third kappa shape index (κ3) is 7.11. The Bertz CT molecular complexity index is 237. The monoisotopic (exact) mass is 272 g/mol. The maximum atomic E-state index is 4.67. The number of hydrogen-bond acceptors (Lipinski definition) is 3. The molecule has 0 aromatic carbocycles. The lowest BCUT2D eigenvalue weighted by Crippen LogP contribution is -2.38. The molecule has 18 heavy (non-hydrogen) atoms. The summed E-state index contributed by atoms with van der Waals surface area (Å²) in [7, 11) is 4.22. The minimum Gasteiger partial charge on any atom is -0.357 e. The van der Waals surface area contributed by atoms with Gasteiger partial charge < -0.3 is 15.5 Å². The fourth-order valence-electron chi connectivity index (χ4n) is 1.93. The summed E-state index contributed by atoms with van der Waals surface area (Å²) in [6.45, 7) is 6.10. The van der Waals surface area contributed by atoms with E-state index in [2.05, 4.69) is 53.3 Å². The molecule has 0 amide bonds. The smallest absolute Gasteiger partial charge is 0.191 e. The molecule has 1 aliphatic rings. The first kappa shape index (κ1) is 15.6. The number of aliphatic imine (C=N–C) groups is 1. The SMILES string of the molecule is CCNC(=NCC1CCCS1)NCCCN(C)C. The highest BCUT2D eigenvalue weighted by Gasteiger charge is 2.14. The van der Waals surface area contributed by atoms with E-state index < -0.39 is 0 Å². The predicted octanol–water partition coefficient (Wildman–Crippen LogP) is 1.39. The van der Waals surface area contributed by atoms with Crippen molar-refractivity contribution in [1.82, 2.24) is 15.5 Å². The van der Waals surface area contributed by atoms with Crippen molar-refractivity contribution in [2.24, 2.45) is 4.99 Å². The van der Waals surface area contributed by atoms with Gasteiger partial charge in [-0.1, -0.05) is 0 Å². The van der Waals surface area contributed by atoms with Crippen LogP contribution in [-0.4, -0.2) is 62.1 Å². The van der Waals surface area contributed by atoms with Crippen LogP contribution in [0.5, 0.6) is 0 Å². The van der Waals surface area contributed by atoms with Crippen LogP contribution in [0.25, 0.3) is 0 Å². The summed E-state index contributed by atoms with van der Waals surface area (Å²) >= 11 is 2.07. The average molecular weight is 272 g/mol. The lowest BCUT2D eigenvalue weighted by atomic mass is 10.2. The van der Waals surface area contributed by atoms with Crippen LogP contribution < -0.4 is 10.6 Å². The molecule has 1 heterocycles. The van der Waals surface area contributed by atoms with E-state index in [-0.39, 0.29) is 0 Å². The molecule has 4 nitrogen and oxygen atoms in total. The van der Waals surface area contributed by atoms with Gasteiger partial charge >= 0.3 is 0 Å². The number of thioether (sulfide) groups is 1. The molecule has 106 valence electrons. The lowest BCUT2D eigenvalue weighted by molar-refractivity contribution is 0.399. The Balaban J connectivity index is 2.22. The van der Waals surface area contributed by atoms with Gasteiger partial charge in [0.2, 0.25) is 0 Å². The Kier molecular flexibility index (Phi) is 8.25. The Morgan fingerprint density at radius 3 is 2.83 bits per heavy atom. The zero-order chi connectivity index (χ0) is 13.2. The Morgan fingerprint density at radius 2 is 2.22 bits per heavy atom. The van der Waals surface area contributed by atoms with Gasteiger partial charge in [0, 0.05) is 18.3 Å². The quantitative estimate of drug-likeness (QED) is 0.417. The van der Waals surface area contributed by atoms with E-state index in [0.717, 1.165) is 43.8 Å². The first-order chi connectivity index (χ1) is 8.72. The van der Waals surface area contributed by atoms with E-state index in [0.29, 0.717) is 0 Å². The molecule has 0 aliphatic carbocycles. The zero-order valence-corrected chi connectivity index (χ0v) is 12.9. The molecule has 1 rings (SSSR count). The molecule has 0 saturated carbocycles. The van der Waals surface area contributed by atoms with Crippen LogP contribution in [0.2, 0.25) is 0 Å². The van der Waals surface area contributed by atoms with Crippen molar-refractivity contribution < 1.29 is 0 Å². The number of guanidine groups is 1. The molecule has 1 atom stereocenters. The van der Waals surface area contributed by atoms with E-state index in [4.69, 9.17) is 0 Å². The largest absolute Gasteiger partial charge is 0.357 e. The zero-order valence-electron chi connectivity index (χ0n) is 12.0. The van der Waals surface area contributed by atoms with Crippen molar-refractivity contribution in [3.05, 3.63) is 0 Å². The van der Waals surface area contributed by atoms with Crippen LogP contribution in [-0.2, 0) is 0 Å². The van der Waals surface area contributed by atoms with Gasteiger partial charge in [-0.2, -0.15) is 11.8 Å². The van der Waals surface area contributed by atoms with Crippen molar-refractivity contribution in [2.75, 3.05) is 46.0 Å². The van der Waals surface area contributed by atoms with Gasteiger partial charge in [0.1, 0.15) is 0 Å². The highest BCUT2D eigenvalue weighted by Crippen LogP contribution is 2.25. The van der Waals surface area contributed by atoms with Crippen LogP contribution in [0, 0.1) is 0 Å². The second-order valence-corrected chi connectivity index (χ2v) is 6.35. The standard InChI is InChI=1S/C13H28N4S/c1-4-14-13(15-8-6-9-17(2)3)16-11-12-7-5-10-18-12/h12H,4-11H2,1-3H3,(H2,14,15,16). The molecule has 0 aromatic rings. The lowest BCUT2D eigenvalue weighted by Gasteiger charge is -2.14. The Morgan fingerprint density at radius 1 is 1.39 bits per heavy atom. The second kappa shape index (κ2) is 9.50. The molecule has 1 aliphatic heterocycles. The van der Waals surface area contributed by atoms with Crippen molar-refractivity contribution in [3.8, 4) is 0 Å². The van der Waals surface area contributed by atoms with Crippen LogP contribution in [0.4, 0.5) is 0 Å². The molecule has 2 N–H and O–H groups in total. The van der Waals surface area contributed by atoms with Gasteiger partial charge in [0.15, 0.2) is 5.96 Å². The molecule has 0 radical (unpaired) electrons. The molecule has 5 heteroatoms. The van der Waals surface area contributed by atoms with Gasteiger partial charge in [-0.05, 0) is 52.6 Å². The summed E-state index contributed by atoms with van der Waals surface area (Å²) in [5, 5.41) is 7.45. The van der Waals surface area contributed by atoms with Gasteiger partial charge in [-0.3, -0.25) is 4.99 Å². The third-order valence-corrected chi connectivity index (χ3v) is 4.28. The molecular formula is C13H28N4S. The molecule has 1 unspecified atom stereocenters. The minimum absolute atomic E-state index is 0.738. The molecular weight excluding hydrogens is 244 g/mol. The van der Waals surface area contributed by atoms with Crippen LogP contribution in [0.3, 0.4) is 0 Å². The summed E-state index contributed by atoms with van der Waals surface area (Å²) in [5.41, 5.74) is 0. The topological polar surface area (TPSA) is 39.7 Å². The van der Waals surface area contributed by atoms with Gasteiger partial charge in [-0.25, -0.2) is 0 Å². The summed E-state index contributed by atoms with van der Waals surface area (Å²) in [4.78, 5) is 6.88. The van der Waals surface area contributed by atoms with E-state index in [1.165, 1.54) is 18.6 Å². The van der Waals surface area contributed by atoms with E-state index in [9.17, 15) is 0 Å². The second-order valence-electron chi connectivity index (χ2n) is 4.94. The summed E-state index contributed by atoms with van der Waals surface area (Å²) in [6.07, 6.45) is 3.83. The normalized spacial score (nSPS) is 20.4. The minimum atomic E-state index is 0.738. The van der Waals surface area contributed by atoms with Gasteiger partial charge in [0.25, 0.3) is 0 Å². The molecule has 0 aromatic heterocycles. The molecule has 0 bridgehead atoms. The highest BCUT2D eigenvalue weighted by atomic mass is 32.2. The summed E-state index contributed by atoms with van der Waals surface area (Å²) < 4.78 is 0. The van der Waals surface area contributed by atoms with Crippen molar-refractivity contribution >= 4 is 17.7 Å². The van der Waals surface area contributed by atoms with E-state index in [1.807, 2.05) is 0 Å². The van der Waals surface area contributed by atoms with Crippen molar-refractivity contribution in [1.29, 1.82) is 0 Å².